The average molecular weight is 273 g/mol. The van der Waals surface area contributed by atoms with Crippen LogP contribution < -0.4 is 0 Å². The summed E-state index contributed by atoms with van der Waals surface area (Å²) in [7, 11) is -2.87. The Morgan fingerprint density at radius 3 is 2.39 bits per heavy atom. The van der Waals surface area contributed by atoms with Crippen LogP contribution in [0.5, 0.6) is 0 Å². The van der Waals surface area contributed by atoms with Gasteiger partial charge in [0, 0.05) is 12.6 Å². The Morgan fingerprint density at radius 2 is 1.78 bits per heavy atom. The van der Waals surface area contributed by atoms with Crippen molar-refractivity contribution in [3.05, 3.63) is 0 Å². The van der Waals surface area contributed by atoms with Crippen molar-refractivity contribution < 1.29 is 8.42 Å². The van der Waals surface area contributed by atoms with Crippen molar-refractivity contribution in [2.45, 2.75) is 63.7 Å². The third-order valence-electron chi connectivity index (χ3n) is 4.74. The van der Waals surface area contributed by atoms with Crippen molar-refractivity contribution >= 4 is 9.84 Å². The molecule has 0 bridgehead atoms. The molecule has 1 saturated heterocycles. The third kappa shape index (κ3) is 3.27. The van der Waals surface area contributed by atoms with Crippen LogP contribution in [0.15, 0.2) is 0 Å². The molecule has 0 aromatic carbocycles. The van der Waals surface area contributed by atoms with Gasteiger partial charge in [-0.2, -0.15) is 0 Å². The van der Waals surface area contributed by atoms with Crippen LogP contribution in [0.4, 0.5) is 0 Å². The molecule has 3 nitrogen and oxygen atoms in total. The van der Waals surface area contributed by atoms with Crippen LogP contribution in [-0.4, -0.2) is 43.5 Å². The monoisotopic (exact) mass is 273 g/mol. The van der Waals surface area contributed by atoms with Gasteiger partial charge in [0.05, 0.1) is 11.0 Å². The van der Waals surface area contributed by atoms with E-state index in [4.69, 9.17) is 0 Å². The maximum absolute atomic E-state index is 11.9. The predicted molar refractivity (Wildman–Crippen MR) is 75.5 cm³/mol. The topological polar surface area (TPSA) is 37.4 Å². The number of nitrogens with zero attached hydrogens (tertiary/aromatic N) is 1. The smallest absolute Gasteiger partial charge is 0.153 e. The van der Waals surface area contributed by atoms with Gasteiger partial charge in [0.15, 0.2) is 9.84 Å². The number of hydrogen-bond acceptors (Lipinski definition) is 3. The second-order valence-corrected chi connectivity index (χ2v) is 8.88. The van der Waals surface area contributed by atoms with E-state index in [-0.39, 0.29) is 5.25 Å². The second-order valence-electron chi connectivity index (χ2n) is 6.21. The molecule has 18 heavy (non-hydrogen) atoms. The first-order valence-corrected chi connectivity index (χ1v) is 9.18. The Bertz CT molecular complexity index is 358. The zero-order valence-corrected chi connectivity index (χ0v) is 12.6. The van der Waals surface area contributed by atoms with E-state index in [2.05, 4.69) is 4.90 Å². The summed E-state index contributed by atoms with van der Waals surface area (Å²) in [6.45, 7) is 5.43. The van der Waals surface area contributed by atoms with Crippen LogP contribution in [0.25, 0.3) is 0 Å². The fourth-order valence-electron chi connectivity index (χ4n) is 3.49. The van der Waals surface area contributed by atoms with Crippen molar-refractivity contribution in [1.82, 2.24) is 4.90 Å². The number of likely N-dealkylation sites (tertiary alicyclic amines) is 1. The van der Waals surface area contributed by atoms with Gasteiger partial charge in [0.1, 0.15) is 0 Å². The minimum Gasteiger partial charge on any atom is -0.299 e. The molecule has 4 heteroatoms. The molecule has 0 aromatic heterocycles. The van der Waals surface area contributed by atoms with Gasteiger partial charge in [-0.05, 0) is 52.0 Å². The van der Waals surface area contributed by atoms with Crippen molar-refractivity contribution in [3.8, 4) is 0 Å². The van der Waals surface area contributed by atoms with E-state index in [1.54, 1.807) is 13.8 Å². The summed E-state index contributed by atoms with van der Waals surface area (Å²) >= 11 is 0. The molecule has 106 valence electrons. The SMILES string of the molecule is CC(C)S(=O)(=O)CCN1CCC[C@@H]1C1CCCC1. The Morgan fingerprint density at radius 1 is 1.11 bits per heavy atom. The van der Waals surface area contributed by atoms with Crippen molar-refractivity contribution in [2.24, 2.45) is 5.92 Å². The highest BCUT2D eigenvalue weighted by Crippen LogP contribution is 2.35. The first kappa shape index (κ1) is 14.3. The zero-order valence-electron chi connectivity index (χ0n) is 11.8. The summed E-state index contributed by atoms with van der Waals surface area (Å²) in [5.41, 5.74) is 0. The van der Waals surface area contributed by atoms with Gasteiger partial charge < -0.3 is 0 Å². The molecule has 0 aromatic rings. The van der Waals surface area contributed by atoms with Gasteiger partial charge in [-0.25, -0.2) is 8.42 Å². The lowest BCUT2D eigenvalue weighted by molar-refractivity contribution is 0.200. The van der Waals surface area contributed by atoms with E-state index >= 15 is 0 Å². The van der Waals surface area contributed by atoms with Crippen molar-refractivity contribution in [2.75, 3.05) is 18.8 Å². The fourth-order valence-corrected chi connectivity index (χ4v) is 4.45. The predicted octanol–water partition coefficient (Wildman–Crippen LogP) is 2.46. The fraction of sp³-hybridized carbons (Fsp3) is 1.00. The number of sulfone groups is 1. The number of rotatable bonds is 5. The summed E-state index contributed by atoms with van der Waals surface area (Å²) in [6.07, 6.45) is 8.00. The van der Waals surface area contributed by atoms with Gasteiger partial charge in [-0.1, -0.05) is 12.8 Å². The van der Waals surface area contributed by atoms with E-state index in [1.807, 2.05) is 0 Å². The molecule has 0 amide bonds. The van der Waals surface area contributed by atoms with Crippen LogP contribution in [0.3, 0.4) is 0 Å². The Labute approximate surface area is 112 Å². The van der Waals surface area contributed by atoms with E-state index in [1.165, 1.54) is 38.5 Å². The molecule has 1 saturated carbocycles. The van der Waals surface area contributed by atoms with E-state index < -0.39 is 9.84 Å². The van der Waals surface area contributed by atoms with E-state index in [9.17, 15) is 8.42 Å². The molecule has 1 aliphatic heterocycles. The maximum Gasteiger partial charge on any atom is 0.153 e. The lowest BCUT2D eigenvalue weighted by Gasteiger charge is -2.29. The molecule has 2 fully saturated rings. The highest BCUT2D eigenvalue weighted by atomic mass is 32.2. The molecule has 0 N–H and O–H groups in total. The Balaban J connectivity index is 1.88. The van der Waals surface area contributed by atoms with Gasteiger partial charge in [0.2, 0.25) is 0 Å². The molecule has 0 radical (unpaired) electrons. The molecule has 0 unspecified atom stereocenters. The Kier molecular flexibility index (Phi) is 4.70. The third-order valence-corrected chi connectivity index (χ3v) is 6.93. The van der Waals surface area contributed by atoms with Gasteiger partial charge >= 0.3 is 0 Å². The molecular formula is C14H27NO2S. The second kappa shape index (κ2) is 5.91. The quantitative estimate of drug-likeness (QED) is 0.772. The van der Waals surface area contributed by atoms with Gasteiger partial charge in [-0.15, -0.1) is 0 Å². The maximum atomic E-state index is 11.9. The lowest BCUT2D eigenvalue weighted by atomic mass is 9.96. The average Bonchev–Trinajstić information content (AvgIpc) is 2.96. The molecule has 2 rings (SSSR count). The largest absolute Gasteiger partial charge is 0.299 e. The van der Waals surface area contributed by atoms with Crippen LogP contribution in [-0.2, 0) is 9.84 Å². The standard InChI is InChI=1S/C14H27NO2S/c1-12(2)18(16,17)11-10-15-9-5-8-14(15)13-6-3-4-7-13/h12-14H,3-11H2,1-2H3/t14-/m1/s1. The lowest BCUT2D eigenvalue weighted by Crippen LogP contribution is -2.38. The van der Waals surface area contributed by atoms with E-state index in [0.29, 0.717) is 11.8 Å². The molecule has 2 aliphatic rings. The van der Waals surface area contributed by atoms with Gasteiger partial charge in [0.25, 0.3) is 0 Å². The van der Waals surface area contributed by atoms with E-state index in [0.717, 1.165) is 19.0 Å². The summed E-state index contributed by atoms with van der Waals surface area (Å²) in [4.78, 5) is 2.45. The summed E-state index contributed by atoms with van der Waals surface area (Å²) < 4.78 is 23.8. The Hall–Kier alpha value is -0.0900. The molecule has 1 aliphatic carbocycles. The van der Waals surface area contributed by atoms with Crippen LogP contribution in [0.1, 0.15) is 52.4 Å². The molecule has 1 heterocycles. The first-order valence-electron chi connectivity index (χ1n) is 7.46. The molecular weight excluding hydrogens is 246 g/mol. The van der Waals surface area contributed by atoms with Crippen LogP contribution >= 0.6 is 0 Å². The summed E-state index contributed by atoms with van der Waals surface area (Å²) in [6, 6.07) is 0.676. The van der Waals surface area contributed by atoms with Gasteiger partial charge in [-0.3, -0.25) is 4.90 Å². The molecule has 1 atom stereocenters. The molecule has 0 spiro atoms. The normalized spacial score (nSPS) is 27.4. The van der Waals surface area contributed by atoms with Crippen LogP contribution in [0, 0.1) is 5.92 Å². The summed E-state index contributed by atoms with van der Waals surface area (Å²) in [5.74, 6) is 1.18. The summed E-state index contributed by atoms with van der Waals surface area (Å²) in [5, 5.41) is -0.231. The minimum absolute atomic E-state index is 0.231. The minimum atomic E-state index is -2.87. The van der Waals surface area contributed by atoms with Crippen LogP contribution in [0.2, 0.25) is 0 Å². The zero-order chi connectivity index (χ0) is 13.2. The highest BCUT2D eigenvalue weighted by Gasteiger charge is 2.33. The van der Waals surface area contributed by atoms with Crippen molar-refractivity contribution in [3.63, 3.8) is 0 Å². The first-order chi connectivity index (χ1) is 8.50. The number of hydrogen-bond donors (Lipinski definition) is 0. The highest BCUT2D eigenvalue weighted by molar-refractivity contribution is 7.92. The van der Waals surface area contributed by atoms with Crippen molar-refractivity contribution in [1.29, 1.82) is 0 Å².